The number of rotatable bonds is 3. The van der Waals surface area contributed by atoms with Crippen molar-refractivity contribution in [2.75, 3.05) is 10.2 Å². The summed E-state index contributed by atoms with van der Waals surface area (Å²) in [5.74, 6) is -5.25. The number of para-hydroxylation sites is 2. The van der Waals surface area contributed by atoms with Gasteiger partial charge < -0.3 is 5.32 Å². The first-order valence-corrected chi connectivity index (χ1v) is 8.59. The standard InChI is InChI=1S/C21H20N2O4/c1-11-7-5-8-12(2)16(11)22-19(25)15-18(24)21(27)23(20(15)26)17-13(3)9-6-10-14(17)4/h5-10,15H,1-4H3,(H,22,25)/t15-/m0/s1. The summed E-state index contributed by atoms with van der Waals surface area (Å²) < 4.78 is 0. The van der Waals surface area contributed by atoms with Gasteiger partial charge in [-0.2, -0.15) is 0 Å². The lowest BCUT2D eigenvalue weighted by Gasteiger charge is -2.19. The third kappa shape index (κ3) is 3.03. The minimum absolute atomic E-state index is 0.364. The third-order valence-electron chi connectivity index (χ3n) is 4.80. The molecule has 1 heterocycles. The Bertz CT molecular complexity index is 953. The molecule has 3 amide bonds. The minimum Gasteiger partial charge on any atom is -0.325 e. The van der Waals surface area contributed by atoms with E-state index in [1.165, 1.54) is 0 Å². The van der Waals surface area contributed by atoms with Gasteiger partial charge in [0.1, 0.15) is 0 Å². The van der Waals surface area contributed by atoms with Gasteiger partial charge >= 0.3 is 5.91 Å². The van der Waals surface area contributed by atoms with Crippen LogP contribution in [0.1, 0.15) is 22.3 Å². The van der Waals surface area contributed by atoms with Crippen molar-refractivity contribution in [1.29, 1.82) is 0 Å². The first-order chi connectivity index (χ1) is 12.7. The molecule has 0 radical (unpaired) electrons. The summed E-state index contributed by atoms with van der Waals surface area (Å²) >= 11 is 0. The molecule has 1 aliphatic heterocycles. The van der Waals surface area contributed by atoms with E-state index in [1.807, 2.05) is 32.0 Å². The second-order valence-electron chi connectivity index (χ2n) is 6.77. The van der Waals surface area contributed by atoms with Gasteiger partial charge in [-0.3, -0.25) is 19.2 Å². The molecule has 0 aromatic heterocycles. The van der Waals surface area contributed by atoms with Crippen LogP contribution in [-0.4, -0.2) is 23.5 Å². The highest BCUT2D eigenvalue weighted by Gasteiger charge is 2.52. The molecular weight excluding hydrogens is 344 g/mol. The second kappa shape index (κ2) is 6.79. The van der Waals surface area contributed by atoms with Crippen molar-refractivity contribution in [3.05, 3.63) is 58.7 Å². The SMILES string of the molecule is Cc1cccc(C)c1NC(=O)[C@@H]1C(=O)C(=O)N(c2c(C)cccc2C)C1=O. The van der Waals surface area contributed by atoms with Crippen LogP contribution in [0.2, 0.25) is 0 Å². The topological polar surface area (TPSA) is 83.6 Å². The van der Waals surface area contributed by atoms with Gasteiger partial charge in [-0.1, -0.05) is 36.4 Å². The van der Waals surface area contributed by atoms with E-state index in [0.29, 0.717) is 22.5 Å². The van der Waals surface area contributed by atoms with Gasteiger partial charge in [0.2, 0.25) is 11.7 Å². The quantitative estimate of drug-likeness (QED) is 0.515. The van der Waals surface area contributed by atoms with Crippen molar-refractivity contribution in [3.8, 4) is 0 Å². The number of amides is 3. The Morgan fingerprint density at radius 3 is 1.85 bits per heavy atom. The maximum Gasteiger partial charge on any atom is 0.302 e. The van der Waals surface area contributed by atoms with Gasteiger partial charge in [0, 0.05) is 5.69 Å². The maximum atomic E-state index is 12.9. The maximum absolute atomic E-state index is 12.9. The number of ketones is 1. The van der Waals surface area contributed by atoms with Crippen molar-refractivity contribution in [1.82, 2.24) is 0 Å². The predicted molar refractivity (Wildman–Crippen MR) is 101 cm³/mol. The molecule has 0 unspecified atom stereocenters. The van der Waals surface area contributed by atoms with E-state index in [0.717, 1.165) is 16.0 Å². The molecule has 1 atom stereocenters. The monoisotopic (exact) mass is 364 g/mol. The summed E-state index contributed by atoms with van der Waals surface area (Å²) in [7, 11) is 0. The van der Waals surface area contributed by atoms with Crippen LogP contribution < -0.4 is 10.2 Å². The fraction of sp³-hybridized carbons (Fsp3) is 0.238. The number of hydrogen-bond donors (Lipinski definition) is 1. The number of carbonyl (C=O) groups is 4. The molecule has 0 aliphatic carbocycles. The highest BCUT2D eigenvalue weighted by atomic mass is 16.2. The highest BCUT2D eigenvalue weighted by Crippen LogP contribution is 2.31. The van der Waals surface area contributed by atoms with Crippen LogP contribution >= 0.6 is 0 Å². The van der Waals surface area contributed by atoms with Crippen LogP contribution in [0.4, 0.5) is 11.4 Å². The Hall–Kier alpha value is -3.28. The molecule has 138 valence electrons. The van der Waals surface area contributed by atoms with Crippen LogP contribution in [0.5, 0.6) is 0 Å². The number of nitrogens with zero attached hydrogens (tertiary/aromatic N) is 1. The molecule has 2 aromatic rings. The molecule has 2 aromatic carbocycles. The van der Waals surface area contributed by atoms with Crippen molar-refractivity contribution < 1.29 is 19.2 Å². The van der Waals surface area contributed by atoms with E-state index in [-0.39, 0.29) is 0 Å². The fourth-order valence-electron chi connectivity index (χ4n) is 3.38. The zero-order chi connectivity index (χ0) is 19.9. The lowest BCUT2D eigenvalue weighted by molar-refractivity contribution is -0.139. The summed E-state index contributed by atoms with van der Waals surface area (Å²) in [5.41, 5.74) is 3.88. The molecule has 27 heavy (non-hydrogen) atoms. The number of imide groups is 1. The molecule has 1 saturated heterocycles. The Kier molecular flexibility index (Phi) is 4.66. The molecule has 0 bridgehead atoms. The largest absolute Gasteiger partial charge is 0.325 e. The number of aryl methyl sites for hydroxylation is 4. The lowest BCUT2D eigenvalue weighted by atomic mass is 10.0. The van der Waals surface area contributed by atoms with Gasteiger partial charge in [0.25, 0.3) is 5.91 Å². The predicted octanol–water partition coefficient (Wildman–Crippen LogP) is 2.62. The van der Waals surface area contributed by atoms with E-state index in [1.54, 1.807) is 32.0 Å². The molecule has 0 spiro atoms. The first kappa shape index (κ1) is 18.5. The lowest BCUT2D eigenvalue weighted by Crippen LogP contribution is -2.35. The number of benzene rings is 2. The molecule has 1 fully saturated rings. The Morgan fingerprint density at radius 1 is 0.852 bits per heavy atom. The van der Waals surface area contributed by atoms with Crippen LogP contribution in [-0.2, 0) is 19.2 Å². The van der Waals surface area contributed by atoms with E-state index >= 15 is 0 Å². The van der Waals surface area contributed by atoms with Crippen molar-refractivity contribution >= 4 is 34.9 Å². The zero-order valence-corrected chi connectivity index (χ0v) is 15.6. The van der Waals surface area contributed by atoms with Crippen LogP contribution in [0.25, 0.3) is 0 Å². The number of Topliss-reactive ketones (excluding diaryl/α,β-unsaturated/α-hetero) is 1. The van der Waals surface area contributed by atoms with Gasteiger partial charge in [-0.15, -0.1) is 0 Å². The third-order valence-corrected chi connectivity index (χ3v) is 4.80. The van der Waals surface area contributed by atoms with Crippen LogP contribution in [0.15, 0.2) is 36.4 Å². The summed E-state index contributed by atoms with van der Waals surface area (Å²) in [6.45, 7) is 7.12. The molecule has 1 N–H and O–H groups in total. The molecule has 1 aliphatic rings. The van der Waals surface area contributed by atoms with Gasteiger partial charge in [-0.05, 0) is 49.9 Å². The van der Waals surface area contributed by atoms with Gasteiger partial charge in [0.15, 0.2) is 5.92 Å². The molecule has 3 rings (SSSR count). The zero-order valence-electron chi connectivity index (χ0n) is 15.6. The molecule has 6 nitrogen and oxygen atoms in total. The summed E-state index contributed by atoms with van der Waals surface area (Å²) in [4.78, 5) is 51.3. The second-order valence-corrected chi connectivity index (χ2v) is 6.77. The van der Waals surface area contributed by atoms with Gasteiger partial charge in [0.05, 0.1) is 5.69 Å². The van der Waals surface area contributed by atoms with E-state index in [2.05, 4.69) is 5.32 Å². The molecule has 0 saturated carbocycles. The smallest absolute Gasteiger partial charge is 0.302 e. The average Bonchev–Trinajstić information content (AvgIpc) is 2.81. The van der Waals surface area contributed by atoms with E-state index < -0.39 is 29.4 Å². The minimum atomic E-state index is -1.67. The van der Waals surface area contributed by atoms with Crippen molar-refractivity contribution in [2.45, 2.75) is 27.7 Å². The van der Waals surface area contributed by atoms with Crippen molar-refractivity contribution in [2.24, 2.45) is 5.92 Å². The van der Waals surface area contributed by atoms with E-state index in [9.17, 15) is 19.2 Å². The van der Waals surface area contributed by atoms with Gasteiger partial charge in [-0.25, -0.2) is 4.90 Å². The summed E-state index contributed by atoms with van der Waals surface area (Å²) in [6.07, 6.45) is 0. The molecule has 6 heteroatoms. The molecular formula is C21H20N2O4. The van der Waals surface area contributed by atoms with Crippen LogP contribution in [0, 0.1) is 33.6 Å². The number of anilines is 2. The Balaban J connectivity index is 1.96. The summed E-state index contributed by atoms with van der Waals surface area (Å²) in [5, 5.41) is 2.64. The number of carbonyl (C=O) groups excluding carboxylic acids is 4. The Labute approximate surface area is 157 Å². The Morgan fingerprint density at radius 2 is 1.33 bits per heavy atom. The normalized spacial score (nSPS) is 16.8. The summed E-state index contributed by atoms with van der Waals surface area (Å²) in [6, 6.07) is 10.8. The highest BCUT2D eigenvalue weighted by molar-refractivity contribution is 6.60. The van der Waals surface area contributed by atoms with Crippen LogP contribution in [0.3, 0.4) is 0 Å². The van der Waals surface area contributed by atoms with E-state index in [4.69, 9.17) is 0 Å². The number of nitrogens with one attached hydrogen (secondary N) is 1. The fourth-order valence-corrected chi connectivity index (χ4v) is 3.38. The number of hydrogen-bond acceptors (Lipinski definition) is 4. The van der Waals surface area contributed by atoms with Crippen molar-refractivity contribution in [3.63, 3.8) is 0 Å². The average molecular weight is 364 g/mol. The first-order valence-electron chi connectivity index (χ1n) is 8.59.